The Morgan fingerprint density at radius 2 is 1.66 bits per heavy atom. The van der Waals surface area contributed by atoms with E-state index < -0.39 is 23.7 Å². The van der Waals surface area contributed by atoms with Crippen LogP contribution in [0, 0.1) is 11.6 Å². The summed E-state index contributed by atoms with van der Waals surface area (Å²) < 4.78 is 38.8. The zero-order valence-corrected chi connectivity index (χ0v) is 18.6. The van der Waals surface area contributed by atoms with Crippen molar-refractivity contribution in [2.24, 2.45) is 0 Å². The number of anilines is 1. The van der Waals surface area contributed by atoms with E-state index in [2.05, 4.69) is 5.32 Å². The Morgan fingerprint density at radius 3 is 2.37 bits per heavy atom. The summed E-state index contributed by atoms with van der Waals surface area (Å²) >= 11 is 0. The van der Waals surface area contributed by atoms with Gasteiger partial charge in [-0.25, -0.2) is 18.5 Å². The Morgan fingerprint density at radius 1 is 0.914 bits per heavy atom. The van der Waals surface area contributed by atoms with Crippen LogP contribution in [0.2, 0.25) is 0 Å². The largest absolute Gasteiger partial charge is 0.490 e. The van der Waals surface area contributed by atoms with E-state index in [0.29, 0.717) is 28.6 Å². The van der Waals surface area contributed by atoms with Gasteiger partial charge in [-0.15, -0.1) is 0 Å². The quantitative estimate of drug-likeness (QED) is 0.396. The van der Waals surface area contributed by atoms with Gasteiger partial charge in [-0.2, -0.15) is 0 Å². The van der Waals surface area contributed by atoms with Gasteiger partial charge < -0.3 is 9.47 Å². The number of nitrogens with zero attached hydrogens (tertiary/aromatic N) is 1. The van der Waals surface area contributed by atoms with Crippen LogP contribution in [-0.4, -0.2) is 24.5 Å². The zero-order chi connectivity index (χ0) is 24.9. The summed E-state index contributed by atoms with van der Waals surface area (Å²) in [6, 6.07) is 14.9. The Hall–Kier alpha value is -4.53. The summed E-state index contributed by atoms with van der Waals surface area (Å²) in [5, 5.41) is 2.06. The molecule has 0 unspecified atom stereocenters. The molecule has 0 spiro atoms. The molecule has 7 nitrogen and oxygen atoms in total. The minimum Gasteiger partial charge on any atom is -0.490 e. The average Bonchev–Trinajstić information content (AvgIpc) is 2.83. The second-order valence-corrected chi connectivity index (χ2v) is 7.46. The summed E-state index contributed by atoms with van der Waals surface area (Å²) in [5.41, 5.74) is 0.551. The number of carbonyl (C=O) groups is 3. The molecule has 1 heterocycles. The van der Waals surface area contributed by atoms with Gasteiger partial charge in [0.25, 0.3) is 11.8 Å². The van der Waals surface area contributed by atoms with E-state index in [1.165, 1.54) is 36.4 Å². The van der Waals surface area contributed by atoms with Crippen molar-refractivity contribution in [1.82, 2.24) is 5.32 Å². The van der Waals surface area contributed by atoms with E-state index in [1.807, 2.05) is 0 Å². The Kier molecular flexibility index (Phi) is 6.86. The van der Waals surface area contributed by atoms with Crippen LogP contribution >= 0.6 is 0 Å². The Balaban J connectivity index is 1.61. The smallest absolute Gasteiger partial charge is 0.336 e. The summed E-state index contributed by atoms with van der Waals surface area (Å²) in [7, 11) is 0. The van der Waals surface area contributed by atoms with E-state index in [-0.39, 0.29) is 23.7 Å². The van der Waals surface area contributed by atoms with Gasteiger partial charge in [0.15, 0.2) is 11.5 Å². The molecule has 1 N–H and O–H groups in total. The van der Waals surface area contributed by atoms with Crippen LogP contribution in [0.4, 0.5) is 19.3 Å². The number of hydrogen-bond donors (Lipinski definition) is 1. The molecule has 0 bridgehead atoms. The molecular formula is C26H20F2N2O5. The fourth-order valence-electron chi connectivity index (χ4n) is 3.42. The van der Waals surface area contributed by atoms with E-state index >= 15 is 0 Å². The summed E-state index contributed by atoms with van der Waals surface area (Å²) in [5.74, 6) is -2.24. The lowest BCUT2D eigenvalue weighted by molar-refractivity contribution is -0.122. The number of carbonyl (C=O) groups excluding carboxylic acids is 3. The predicted molar refractivity (Wildman–Crippen MR) is 124 cm³/mol. The fraction of sp³-hybridized carbons (Fsp3) is 0.115. The van der Waals surface area contributed by atoms with Crippen LogP contribution in [0.25, 0.3) is 6.08 Å². The summed E-state index contributed by atoms with van der Waals surface area (Å²) in [4.78, 5) is 38.3. The summed E-state index contributed by atoms with van der Waals surface area (Å²) in [6.45, 7) is 2.27. The van der Waals surface area contributed by atoms with Crippen molar-refractivity contribution in [3.8, 4) is 11.5 Å². The van der Waals surface area contributed by atoms with E-state index in [9.17, 15) is 23.2 Å². The van der Waals surface area contributed by atoms with Gasteiger partial charge in [0.2, 0.25) is 0 Å². The molecule has 0 aromatic heterocycles. The Bertz CT molecular complexity index is 1320. The third kappa shape index (κ3) is 5.19. The predicted octanol–water partition coefficient (Wildman–Crippen LogP) is 4.61. The molecule has 3 aromatic rings. The van der Waals surface area contributed by atoms with Gasteiger partial charge >= 0.3 is 6.03 Å². The number of halogens is 2. The topological polar surface area (TPSA) is 84.9 Å². The normalized spacial score (nSPS) is 14.8. The van der Waals surface area contributed by atoms with Gasteiger partial charge in [-0.1, -0.05) is 30.3 Å². The van der Waals surface area contributed by atoms with Gasteiger partial charge in [0.1, 0.15) is 23.8 Å². The first-order chi connectivity index (χ1) is 16.9. The van der Waals surface area contributed by atoms with Crippen molar-refractivity contribution in [1.29, 1.82) is 0 Å². The van der Waals surface area contributed by atoms with Crippen LogP contribution in [-0.2, 0) is 16.2 Å². The van der Waals surface area contributed by atoms with E-state index in [1.54, 1.807) is 37.3 Å². The first-order valence-electron chi connectivity index (χ1n) is 10.7. The van der Waals surface area contributed by atoms with Gasteiger partial charge in [0, 0.05) is 0 Å². The molecule has 3 aromatic carbocycles. The molecule has 1 aliphatic heterocycles. The molecule has 0 radical (unpaired) electrons. The third-order valence-electron chi connectivity index (χ3n) is 5.08. The monoisotopic (exact) mass is 478 g/mol. The van der Waals surface area contributed by atoms with Gasteiger partial charge in [-0.3, -0.25) is 14.9 Å². The zero-order valence-electron chi connectivity index (χ0n) is 18.6. The standard InChI is InChI=1S/C26H20F2N2O5/c1-2-34-23-14-17(9-12-22(23)35-15-16-7-10-18(27)11-8-16)13-19-24(31)29-26(33)30(25(19)32)21-6-4-3-5-20(21)28/h3-14H,2,15H2,1H3,(H,29,31,33)/b19-13-. The van der Waals surface area contributed by atoms with Crippen LogP contribution in [0.5, 0.6) is 11.5 Å². The van der Waals surface area contributed by atoms with Crippen molar-refractivity contribution in [2.75, 3.05) is 11.5 Å². The van der Waals surface area contributed by atoms with Crippen LogP contribution < -0.4 is 19.7 Å². The lowest BCUT2D eigenvalue weighted by atomic mass is 10.1. The number of nitrogens with one attached hydrogen (secondary N) is 1. The number of benzene rings is 3. The van der Waals surface area contributed by atoms with Crippen molar-refractivity contribution in [2.45, 2.75) is 13.5 Å². The molecule has 1 saturated heterocycles. The highest BCUT2D eigenvalue weighted by Crippen LogP contribution is 2.31. The van der Waals surface area contributed by atoms with Crippen LogP contribution in [0.15, 0.2) is 72.3 Å². The fourth-order valence-corrected chi connectivity index (χ4v) is 3.42. The molecular weight excluding hydrogens is 458 g/mol. The number of para-hydroxylation sites is 1. The third-order valence-corrected chi connectivity index (χ3v) is 5.08. The molecule has 9 heteroatoms. The molecule has 178 valence electrons. The molecule has 0 saturated carbocycles. The molecule has 4 rings (SSSR count). The maximum Gasteiger partial charge on any atom is 0.336 e. The molecule has 1 fully saturated rings. The molecule has 0 aliphatic carbocycles. The van der Waals surface area contributed by atoms with Gasteiger partial charge in [0.05, 0.1) is 12.3 Å². The second kappa shape index (κ2) is 10.2. The van der Waals surface area contributed by atoms with Crippen LogP contribution in [0.1, 0.15) is 18.1 Å². The molecule has 0 atom stereocenters. The number of imide groups is 2. The van der Waals surface area contributed by atoms with Crippen molar-refractivity contribution < 1.29 is 32.6 Å². The van der Waals surface area contributed by atoms with Crippen molar-refractivity contribution >= 4 is 29.6 Å². The molecule has 35 heavy (non-hydrogen) atoms. The highest BCUT2D eigenvalue weighted by molar-refractivity contribution is 6.39. The molecule has 1 aliphatic rings. The number of amides is 4. The minimum atomic E-state index is -1.04. The van der Waals surface area contributed by atoms with E-state index in [4.69, 9.17) is 9.47 Å². The summed E-state index contributed by atoms with van der Waals surface area (Å²) in [6.07, 6.45) is 1.28. The number of hydrogen-bond acceptors (Lipinski definition) is 5. The highest BCUT2D eigenvalue weighted by atomic mass is 19.1. The number of barbiturate groups is 1. The second-order valence-electron chi connectivity index (χ2n) is 7.46. The van der Waals surface area contributed by atoms with Crippen molar-refractivity contribution in [3.63, 3.8) is 0 Å². The highest BCUT2D eigenvalue weighted by Gasteiger charge is 2.38. The first-order valence-corrected chi connectivity index (χ1v) is 10.7. The maximum atomic E-state index is 14.2. The lowest BCUT2D eigenvalue weighted by Crippen LogP contribution is -2.54. The number of ether oxygens (including phenoxy) is 2. The number of rotatable bonds is 7. The van der Waals surface area contributed by atoms with Gasteiger partial charge in [-0.05, 0) is 60.5 Å². The number of urea groups is 1. The maximum absolute atomic E-state index is 14.2. The first kappa shape index (κ1) is 23.6. The van der Waals surface area contributed by atoms with Crippen LogP contribution in [0.3, 0.4) is 0 Å². The van der Waals surface area contributed by atoms with Crippen molar-refractivity contribution in [3.05, 3.63) is 95.1 Å². The Labute approximate surface area is 199 Å². The SMILES string of the molecule is CCOc1cc(/C=C2/C(=O)NC(=O)N(c3ccccc3F)C2=O)ccc1OCc1ccc(F)cc1. The minimum absolute atomic E-state index is 0.168. The van der Waals surface area contributed by atoms with E-state index in [0.717, 1.165) is 11.6 Å². The average molecular weight is 478 g/mol. The molecule has 4 amide bonds. The lowest BCUT2D eigenvalue weighted by Gasteiger charge is -2.26.